The third-order valence-electron chi connectivity index (χ3n) is 7.00. The number of piperazine rings is 1. The number of nitrogens with zero attached hydrogens (tertiary/aromatic N) is 6. The molecule has 1 aromatic heterocycles. The molecule has 0 N–H and O–H groups in total. The Morgan fingerprint density at radius 1 is 0.941 bits per heavy atom. The molecular weight excluding hydrogens is 452 g/mol. The molecule has 9 heteroatoms. The molecule has 0 saturated carbocycles. The van der Waals surface area contributed by atoms with Crippen molar-refractivity contribution in [2.45, 2.75) is 32.6 Å². The first-order valence-corrected chi connectivity index (χ1v) is 12.6. The molecule has 0 bridgehead atoms. The van der Waals surface area contributed by atoms with Gasteiger partial charge in [-0.05, 0) is 50.5 Å². The van der Waals surface area contributed by atoms with Gasteiger partial charge in [0.2, 0.25) is 17.8 Å². The molecular formula is C25H31ClN6O2. The first-order valence-electron chi connectivity index (χ1n) is 12.2. The molecule has 1 aromatic carbocycles. The maximum Gasteiger partial charge on any atom is 0.228 e. The first kappa shape index (κ1) is 22.9. The number of hydrogen-bond acceptors (Lipinski definition) is 6. The van der Waals surface area contributed by atoms with Gasteiger partial charge in [-0.25, -0.2) is 4.98 Å². The van der Waals surface area contributed by atoms with Gasteiger partial charge in [-0.2, -0.15) is 4.98 Å². The topological polar surface area (TPSA) is 72.9 Å². The van der Waals surface area contributed by atoms with Crippen LogP contribution in [-0.2, 0) is 9.59 Å². The van der Waals surface area contributed by atoms with E-state index in [0.717, 1.165) is 49.3 Å². The molecule has 0 spiro atoms. The van der Waals surface area contributed by atoms with Crippen molar-refractivity contribution in [1.82, 2.24) is 14.9 Å². The fourth-order valence-electron chi connectivity index (χ4n) is 5.09. The van der Waals surface area contributed by atoms with Crippen LogP contribution in [0.4, 0.5) is 17.5 Å². The summed E-state index contributed by atoms with van der Waals surface area (Å²) in [5.74, 6) is 1.50. The molecule has 5 rings (SSSR count). The lowest BCUT2D eigenvalue weighted by molar-refractivity contribution is -0.136. The van der Waals surface area contributed by atoms with Crippen LogP contribution in [0.15, 0.2) is 30.3 Å². The number of hydrogen-bond donors (Lipinski definition) is 0. The quantitative estimate of drug-likeness (QED) is 0.666. The van der Waals surface area contributed by atoms with E-state index in [4.69, 9.17) is 16.6 Å². The second-order valence-corrected chi connectivity index (χ2v) is 9.85. The van der Waals surface area contributed by atoms with Crippen LogP contribution < -0.4 is 14.7 Å². The smallest absolute Gasteiger partial charge is 0.228 e. The molecule has 180 valence electrons. The van der Waals surface area contributed by atoms with E-state index in [1.165, 1.54) is 19.3 Å². The van der Waals surface area contributed by atoms with Crippen LogP contribution in [0, 0.1) is 12.8 Å². The predicted octanol–water partition coefficient (Wildman–Crippen LogP) is 3.13. The van der Waals surface area contributed by atoms with Crippen LogP contribution >= 0.6 is 11.6 Å². The van der Waals surface area contributed by atoms with Crippen LogP contribution in [0.5, 0.6) is 0 Å². The number of halogens is 1. The summed E-state index contributed by atoms with van der Waals surface area (Å²) in [7, 11) is 0. The second kappa shape index (κ2) is 9.78. The van der Waals surface area contributed by atoms with Crippen LogP contribution in [0.1, 0.15) is 31.4 Å². The first-order chi connectivity index (χ1) is 16.5. The molecule has 2 amide bonds. The van der Waals surface area contributed by atoms with Gasteiger partial charge < -0.3 is 19.6 Å². The summed E-state index contributed by atoms with van der Waals surface area (Å²) in [6.07, 6.45) is 3.90. The number of carbonyl (C=O) groups excluding carboxylic acids is 2. The SMILES string of the molecule is Cc1cc(N2CCN(C(=O)C3CC(=O)N(c4ccc(Cl)cc4)C3)CC2)nc(N2CCCCC2)n1. The normalized spacial score (nSPS) is 21.4. The summed E-state index contributed by atoms with van der Waals surface area (Å²) in [5, 5.41) is 0.628. The van der Waals surface area contributed by atoms with Gasteiger partial charge in [0.05, 0.1) is 5.92 Å². The van der Waals surface area contributed by atoms with E-state index in [-0.39, 0.29) is 24.2 Å². The third-order valence-corrected chi connectivity index (χ3v) is 7.25. The maximum atomic E-state index is 13.2. The molecule has 4 heterocycles. The average Bonchev–Trinajstić information content (AvgIpc) is 3.26. The van der Waals surface area contributed by atoms with Gasteiger partial charge in [0.25, 0.3) is 0 Å². The molecule has 3 saturated heterocycles. The van der Waals surface area contributed by atoms with E-state index in [1.807, 2.05) is 30.0 Å². The molecule has 34 heavy (non-hydrogen) atoms. The van der Waals surface area contributed by atoms with Gasteiger partial charge >= 0.3 is 0 Å². The van der Waals surface area contributed by atoms with Gasteiger partial charge in [-0.15, -0.1) is 0 Å². The summed E-state index contributed by atoms with van der Waals surface area (Å²) in [4.78, 5) is 43.5. The van der Waals surface area contributed by atoms with Crippen molar-refractivity contribution in [3.8, 4) is 0 Å². The van der Waals surface area contributed by atoms with Gasteiger partial charge in [0.15, 0.2) is 0 Å². The highest BCUT2D eigenvalue weighted by atomic mass is 35.5. The number of carbonyl (C=O) groups is 2. The highest BCUT2D eigenvalue weighted by molar-refractivity contribution is 6.30. The highest BCUT2D eigenvalue weighted by Gasteiger charge is 2.38. The highest BCUT2D eigenvalue weighted by Crippen LogP contribution is 2.28. The average molecular weight is 483 g/mol. The van der Waals surface area contributed by atoms with Crippen molar-refractivity contribution >= 4 is 40.9 Å². The van der Waals surface area contributed by atoms with Crippen molar-refractivity contribution in [3.63, 3.8) is 0 Å². The minimum Gasteiger partial charge on any atom is -0.353 e. The summed E-state index contributed by atoms with van der Waals surface area (Å²) in [6, 6.07) is 9.22. The lowest BCUT2D eigenvalue weighted by Gasteiger charge is -2.37. The second-order valence-electron chi connectivity index (χ2n) is 9.41. The molecule has 3 aliphatic rings. The lowest BCUT2D eigenvalue weighted by atomic mass is 10.1. The zero-order valence-corrected chi connectivity index (χ0v) is 20.4. The molecule has 0 aliphatic carbocycles. The fraction of sp³-hybridized carbons (Fsp3) is 0.520. The van der Waals surface area contributed by atoms with E-state index in [0.29, 0.717) is 24.7 Å². The lowest BCUT2D eigenvalue weighted by Crippen LogP contribution is -2.51. The van der Waals surface area contributed by atoms with E-state index in [1.54, 1.807) is 17.0 Å². The van der Waals surface area contributed by atoms with E-state index in [2.05, 4.69) is 14.8 Å². The zero-order chi connectivity index (χ0) is 23.7. The molecule has 0 radical (unpaired) electrons. The van der Waals surface area contributed by atoms with Crippen molar-refractivity contribution in [3.05, 3.63) is 41.0 Å². The minimum atomic E-state index is -0.304. The Morgan fingerprint density at radius 3 is 2.35 bits per heavy atom. The maximum absolute atomic E-state index is 13.2. The van der Waals surface area contributed by atoms with Crippen molar-refractivity contribution in [2.75, 3.05) is 60.5 Å². The molecule has 8 nitrogen and oxygen atoms in total. The van der Waals surface area contributed by atoms with E-state index in [9.17, 15) is 9.59 Å². The van der Waals surface area contributed by atoms with Gasteiger partial charge in [-0.1, -0.05) is 11.6 Å². The number of rotatable bonds is 4. The molecule has 3 fully saturated rings. The third kappa shape index (κ3) is 4.82. The number of aryl methyl sites for hydroxylation is 1. The summed E-state index contributed by atoms with van der Waals surface area (Å²) < 4.78 is 0. The monoisotopic (exact) mass is 482 g/mol. The Hall–Kier alpha value is -2.87. The molecule has 1 atom stereocenters. The number of anilines is 3. The van der Waals surface area contributed by atoms with Crippen molar-refractivity contribution < 1.29 is 9.59 Å². The fourth-order valence-corrected chi connectivity index (χ4v) is 5.22. The molecule has 3 aliphatic heterocycles. The van der Waals surface area contributed by atoms with Crippen LogP contribution in [0.25, 0.3) is 0 Å². The van der Waals surface area contributed by atoms with Crippen LogP contribution in [0.3, 0.4) is 0 Å². The number of piperidine rings is 1. The number of aromatic nitrogens is 2. The number of amides is 2. The Labute approximate surface area is 205 Å². The standard InChI is InChI=1S/C25H31ClN6O2/c1-18-15-22(28-25(27-18)31-9-3-2-4-10-31)29-11-13-30(14-12-29)24(34)19-16-23(33)32(17-19)21-7-5-20(26)6-8-21/h5-8,15,19H,2-4,9-14,16-17H2,1H3. The van der Waals surface area contributed by atoms with Crippen molar-refractivity contribution in [2.24, 2.45) is 5.92 Å². The molecule has 2 aromatic rings. The minimum absolute atomic E-state index is 0.0130. The Balaban J connectivity index is 1.20. The summed E-state index contributed by atoms with van der Waals surface area (Å²) >= 11 is 5.97. The zero-order valence-electron chi connectivity index (χ0n) is 19.6. The van der Waals surface area contributed by atoms with Gasteiger partial charge in [-0.3, -0.25) is 9.59 Å². The van der Waals surface area contributed by atoms with Gasteiger partial charge in [0.1, 0.15) is 5.82 Å². The number of benzene rings is 1. The predicted molar refractivity (Wildman–Crippen MR) is 134 cm³/mol. The molecule has 1 unspecified atom stereocenters. The van der Waals surface area contributed by atoms with Crippen LogP contribution in [0.2, 0.25) is 5.02 Å². The van der Waals surface area contributed by atoms with Crippen LogP contribution in [-0.4, -0.2) is 72.5 Å². The van der Waals surface area contributed by atoms with E-state index < -0.39 is 0 Å². The Kier molecular flexibility index (Phi) is 6.59. The Bertz CT molecular complexity index is 1050. The Morgan fingerprint density at radius 2 is 1.65 bits per heavy atom. The van der Waals surface area contributed by atoms with Gasteiger partial charge in [0, 0.05) is 74.7 Å². The summed E-state index contributed by atoms with van der Waals surface area (Å²) in [6.45, 7) is 7.17. The van der Waals surface area contributed by atoms with Crippen molar-refractivity contribution in [1.29, 1.82) is 0 Å². The summed E-state index contributed by atoms with van der Waals surface area (Å²) in [5.41, 5.74) is 1.76. The largest absolute Gasteiger partial charge is 0.353 e. The van der Waals surface area contributed by atoms with E-state index >= 15 is 0 Å².